The van der Waals surface area contributed by atoms with Gasteiger partial charge >= 0.3 is 0 Å². The smallest absolute Gasteiger partial charge is 0.262 e. The van der Waals surface area contributed by atoms with Crippen LogP contribution in [0.4, 0.5) is 0 Å². The molecule has 3 aromatic rings. The monoisotopic (exact) mass is 395 g/mol. The third-order valence-electron chi connectivity index (χ3n) is 5.50. The second-order valence-electron chi connectivity index (χ2n) is 7.75. The van der Waals surface area contributed by atoms with Gasteiger partial charge in [-0.3, -0.25) is 14.2 Å². The number of rotatable bonds is 6. The Kier molecular flexibility index (Phi) is 5.31. The molecule has 1 amide bonds. The quantitative estimate of drug-likeness (QED) is 0.694. The molecule has 0 fully saturated rings. The van der Waals surface area contributed by atoms with Gasteiger partial charge in [-0.25, -0.2) is 4.98 Å². The molecule has 2 heterocycles. The molecular formula is C22H25N3O2S. The Morgan fingerprint density at radius 3 is 2.86 bits per heavy atom. The molecule has 0 bridgehead atoms. The summed E-state index contributed by atoms with van der Waals surface area (Å²) >= 11 is 1.68. The van der Waals surface area contributed by atoms with Gasteiger partial charge in [0.2, 0.25) is 5.91 Å². The topological polar surface area (TPSA) is 78.0 Å². The van der Waals surface area contributed by atoms with Gasteiger partial charge in [0.15, 0.2) is 0 Å². The number of thiophene rings is 1. The van der Waals surface area contributed by atoms with Crippen LogP contribution in [0.1, 0.15) is 48.0 Å². The Labute approximate surface area is 168 Å². The number of benzene rings is 1. The zero-order chi connectivity index (χ0) is 19.7. The largest absolute Gasteiger partial charge is 0.370 e. The van der Waals surface area contributed by atoms with E-state index in [-0.39, 0.29) is 17.9 Å². The van der Waals surface area contributed by atoms with Crippen molar-refractivity contribution in [3.05, 3.63) is 62.5 Å². The normalized spacial score (nSPS) is 16.2. The van der Waals surface area contributed by atoms with E-state index in [0.717, 1.165) is 40.9 Å². The van der Waals surface area contributed by atoms with Crippen molar-refractivity contribution in [1.82, 2.24) is 9.55 Å². The van der Waals surface area contributed by atoms with Gasteiger partial charge < -0.3 is 5.73 Å². The minimum absolute atomic E-state index is 0.0347. The molecule has 1 aliphatic rings. The molecule has 146 valence electrons. The first kappa shape index (κ1) is 18.9. The van der Waals surface area contributed by atoms with Crippen molar-refractivity contribution in [3.63, 3.8) is 0 Å². The molecule has 0 radical (unpaired) electrons. The zero-order valence-corrected chi connectivity index (χ0v) is 16.9. The van der Waals surface area contributed by atoms with E-state index in [1.54, 1.807) is 15.9 Å². The number of nitrogens with two attached hydrogens (primary N) is 1. The molecule has 0 saturated heterocycles. The van der Waals surface area contributed by atoms with E-state index >= 15 is 0 Å². The summed E-state index contributed by atoms with van der Waals surface area (Å²) in [6.45, 7) is 2.73. The van der Waals surface area contributed by atoms with Crippen molar-refractivity contribution in [2.75, 3.05) is 0 Å². The van der Waals surface area contributed by atoms with Crippen LogP contribution >= 0.6 is 11.3 Å². The number of primary amides is 1. The second-order valence-corrected chi connectivity index (χ2v) is 8.83. The lowest BCUT2D eigenvalue weighted by Crippen LogP contribution is -2.27. The van der Waals surface area contributed by atoms with Crippen LogP contribution in [-0.4, -0.2) is 15.5 Å². The lowest BCUT2D eigenvalue weighted by atomic mass is 9.89. The lowest BCUT2D eigenvalue weighted by Gasteiger charge is -2.18. The van der Waals surface area contributed by atoms with E-state index < -0.39 is 0 Å². The SMILES string of the molecule is CC1CCc2c(sc3nc(Cc4ccccc4)n(CCCC(N)=O)c(=O)c23)C1. The highest BCUT2D eigenvalue weighted by atomic mass is 32.1. The maximum atomic E-state index is 13.4. The van der Waals surface area contributed by atoms with Crippen molar-refractivity contribution >= 4 is 27.5 Å². The fourth-order valence-electron chi connectivity index (χ4n) is 4.02. The summed E-state index contributed by atoms with van der Waals surface area (Å²) in [5.74, 6) is 1.08. The highest BCUT2D eigenvalue weighted by Gasteiger charge is 2.24. The Morgan fingerprint density at radius 2 is 2.11 bits per heavy atom. The lowest BCUT2D eigenvalue weighted by molar-refractivity contribution is -0.118. The van der Waals surface area contributed by atoms with Crippen LogP contribution < -0.4 is 11.3 Å². The highest BCUT2D eigenvalue weighted by molar-refractivity contribution is 7.18. The fraction of sp³-hybridized carbons (Fsp3) is 0.409. The Morgan fingerprint density at radius 1 is 1.32 bits per heavy atom. The number of fused-ring (bicyclic) bond motifs is 3. The maximum absolute atomic E-state index is 13.4. The molecule has 1 unspecified atom stereocenters. The number of carbonyl (C=O) groups excluding carboxylic acids is 1. The third kappa shape index (κ3) is 3.74. The summed E-state index contributed by atoms with van der Waals surface area (Å²) in [4.78, 5) is 31.7. The van der Waals surface area contributed by atoms with Gasteiger partial charge in [-0.05, 0) is 42.7 Å². The van der Waals surface area contributed by atoms with Crippen LogP contribution in [0.25, 0.3) is 10.2 Å². The number of hydrogen-bond acceptors (Lipinski definition) is 4. The van der Waals surface area contributed by atoms with E-state index in [1.807, 2.05) is 30.3 Å². The average molecular weight is 396 g/mol. The minimum atomic E-state index is -0.339. The molecule has 2 N–H and O–H groups in total. The van der Waals surface area contributed by atoms with Gasteiger partial charge in [-0.15, -0.1) is 11.3 Å². The molecule has 6 heteroatoms. The van der Waals surface area contributed by atoms with E-state index in [0.29, 0.717) is 25.3 Å². The predicted molar refractivity (Wildman–Crippen MR) is 113 cm³/mol. The van der Waals surface area contributed by atoms with Crippen LogP contribution in [-0.2, 0) is 30.6 Å². The first-order chi connectivity index (χ1) is 13.5. The van der Waals surface area contributed by atoms with Crippen molar-refractivity contribution in [2.24, 2.45) is 11.7 Å². The summed E-state index contributed by atoms with van der Waals surface area (Å²) < 4.78 is 1.77. The first-order valence-electron chi connectivity index (χ1n) is 9.89. The van der Waals surface area contributed by atoms with E-state index in [1.165, 1.54) is 10.4 Å². The number of carbonyl (C=O) groups is 1. The molecule has 4 rings (SSSR count). The van der Waals surface area contributed by atoms with Gasteiger partial charge in [0.1, 0.15) is 10.7 Å². The maximum Gasteiger partial charge on any atom is 0.262 e. The van der Waals surface area contributed by atoms with E-state index in [4.69, 9.17) is 10.7 Å². The van der Waals surface area contributed by atoms with Crippen molar-refractivity contribution < 1.29 is 4.79 Å². The van der Waals surface area contributed by atoms with Gasteiger partial charge in [0.25, 0.3) is 5.56 Å². The summed E-state index contributed by atoms with van der Waals surface area (Å²) in [5, 5.41) is 0.794. The molecule has 1 aromatic carbocycles. The van der Waals surface area contributed by atoms with Crippen molar-refractivity contribution in [1.29, 1.82) is 0 Å². The Hall–Kier alpha value is -2.47. The van der Waals surface area contributed by atoms with Gasteiger partial charge in [-0.1, -0.05) is 37.3 Å². The Balaban J connectivity index is 1.80. The predicted octanol–water partition coefficient (Wildman–Crippen LogP) is 3.44. The number of nitrogens with zero attached hydrogens (tertiary/aromatic N) is 2. The number of hydrogen-bond donors (Lipinski definition) is 1. The van der Waals surface area contributed by atoms with Crippen LogP contribution in [0.3, 0.4) is 0 Å². The average Bonchev–Trinajstić information content (AvgIpc) is 3.02. The second kappa shape index (κ2) is 7.87. The number of aromatic nitrogens is 2. The first-order valence-corrected chi connectivity index (χ1v) is 10.7. The molecule has 0 spiro atoms. The van der Waals surface area contributed by atoms with E-state index in [2.05, 4.69) is 6.92 Å². The molecule has 0 saturated carbocycles. The molecular weight excluding hydrogens is 370 g/mol. The molecule has 28 heavy (non-hydrogen) atoms. The summed E-state index contributed by atoms with van der Waals surface area (Å²) in [6, 6.07) is 10.1. The Bertz CT molecular complexity index is 1070. The standard InChI is InChI=1S/C22H25N3O2S/c1-14-9-10-16-17(12-14)28-21-20(16)22(27)25(11-5-8-18(23)26)19(24-21)13-15-6-3-2-4-7-15/h2-4,6-7,14H,5,8-13H2,1H3,(H2,23,26). The van der Waals surface area contributed by atoms with Gasteiger partial charge in [-0.2, -0.15) is 0 Å². The summed E-state index contributed by atoms with van der Waals surface area (Å²) in [7, 11) is 0. The van der Waals surface area contributed by atoms with Crippen molar-refractivity contribution in [3.8, 4) is 0 Å². The zero-order valence-electron chi connectivity index (χ0n) is 16.1. The summed E-state index contributed by atoms with van der Waals surface area (Å²) in [5.41, 5.74) is 7.65. The third-order valence-corrected chi connectivity index (χ3v) is 6.65. The van der Waals surface area contributed by atoms with Gasteiger partial charge in [0.05, 0.1) is 5.39 Å². The number of aryl methyl sites for hydroxylation is 1. The minimum Gasteiger partial charge on any atom is -0.370 e. The van der Waals surface area contributed by atoms with E-state index in [9.17, 15) is 9.59 Å². The van der Waals surface area contributed by atoms with Crippen LogP contribution in [0.5, 0.6) is 0 Å². The number of amides is 1. The highest BCUT2D eigenvalue weighted by Crippen LogP contribution is 2.36. The molecule has 1 atom stereocenters. The molecule has 2 aromatic heterocycles. The van der Waals surface area contributed by atoms with Crippen molar-refractivity contribution in [2.45, 2.75) is 52.0 Å². The molecule has 1 aliphatic carbocycles. The van der Waals surface area contributed by atoms with Crippen LogP contribution in [0.15, 0.2) is 35.1 Å². The fourth-order valence-corrected chi connectivity index (χ4v) is 5.41. The summed E-state index contributed by atoms with van der Waals surface area (Å²) in [6.07, 6.45) is 4.52. The molecule has 0 aliphatic heterocycles. The van der Waals surface area contributed by atoms with Crippen LogP contribution in [0.2, 0.25) is 0 Å². The molecule has 5 nitrogen and oxygen atoms in total. The van der Waals surface area contributed by atoms with Crippen LogP contribution in [0, 0.1) is 5.92 Å². The van der Waals surface area contributed by atoms with Gasteiger partial charge in [0, 0.05) is 24.3 Å².